The minimum atomic E-state index is -0.498. The molecule has 0 aliphatic heterocycles. The third-order valence-corrected chi connectivity index (χ3v) is 2.37. The summed E-state index contributed by atoms with van der Waals surface area (Å²) in [7, 11) is 0. The number of hydrogen-bond donors (Lipinski definition) is 0. The normalized spacial score (nSPS) is 13.3. The van der Waals surface area contributed by atoms with E-state index < -0.39 is 11.5 Å². The highest BCUT2D eigenvalue weighted by atomic mass is 16.5. The number of carbonyl (C=O) groups is 1. The van der Waals surface area contributed by atoms with E-state index in [9.17, 15) is 4.79 Å². The van der Waals surface area contributed by atoms with Crippen molar-refractivity contribution >= 4 is 12.0 Å². The molecule has 0 heterocycles. The zero-order valence-electron chi connectivity index (χ0n) is 11.2. The number of carbonyl (C=O) groups excluding carboxylic acids is 1. The lowest BCUT2D eigenvalue weighted by atomic mass is 9.97. The molecular weight excluding hydrogens is 224 g/mol. The Morgan fingerprint density at radius 1 is 1.28 bits per heavy atom. The first-order valence-electron chi connectivity index (χ1n) is 6.00. The van der Waals surface area contributed by atoms with Gasteiger partial charge in [0, 0.05) is 0 Å². The molecule has 0 amide bonds. The Kier molecular flexibility index (Phi) is 4.90. The Morgan fingerprint density at radius 2 is 1.89 bits per heavy atom. The Hall–Kier alpha value is -1.83. The molecule has 0 bridgehead atoms. The molecule has 18 heavy (non-hydrogen) atoms. The molecule has 2 nitrogen and oxygen atoms in total. The van der Waals surface area contributed by atoms with E-state index >= 15 is 0 Å². The lowest BCUT2D eigenvalue weighted by molar-refractivity contribution is -0.154. The maximum atomic E-state index is 11.7. The minimum Gasteiger partial charge on any atom is -0.453 e. The topological polar surface area (TPSA) is 26.3 Å². The van der Waals surface area contributed by atoms with Gasteiger partial charge in [-0.2, -0.15) is 0 Å². The second-order valence-corrected chi connectivity index (χ2v) is 5.13. The molecule has 1 aromatic rings. The van der Waals surface area contributed by atoms with Gasteiger partial charge in [0.2, 0.25) is 0 Å². The van der Waals surface area contributed by atoms with Crippen molar-refractivity contribution < 1.29 is 9.53 Å². The maximum Gasteiger partial charge on any atom is 0.312 e. The van der Waals surface area contributed by atoms with E-state index in [1.807, 2.05) is 63.3 Å². The minimum absolute atomic E-state index is 0.231. The number of rotatable bonds is 4. The van der Waals surface area contributed by atoms with Crippen LogP contribution >= 0.6 is 0 Å². The van der Waals surface area contributed by atoms with Crippen molar-refractivity contribution in [3.8, 4) is 0 Å². The van der Waals surface area contributed by atoms with Gasteiger partial charge in [0.15, 0.2) is 0 Å². The zero-order chi connectivity index (χ0) is 13.6. The molecule has 0 fully saturated rings. The van der Waals surface area contributed by atoms with Gasteiger partial charge in [-0.3, -0.25) is 4.79 Å². The summed E-state index contributed by atoms with van der Waals surface area (Å²) in [6.07, 6.45) is 4.97. The second kappa shape index (κ2) is 6.20. The number of esters is 1. The van der Waals surface area contributed by atoms with E-state index in [2.05, 4.69) is 6.58 Å². The lowest BCUT2D eigenvalue weighted by Crippen LogP contribution is -2.26. The summed E-state index contributed by atoms with van der Waals surface area (Å²) >= 11 is 0. The standard InChI is InChI=1S/C16H20O2/c1-5-14(18-15(17)16(2,3)4)12-11-13-9-7-6-8-10-13/h5-12,14H,1H2,2-4H3/b12-11-. The van der Waals surface area contributed by atoms with Gasteiger partial charge in [-0.1, -0.05) is 43.0 Å². The molecule has 0 saturated heterocycles. The van der Waals surface area contributed by atoms with Gasteiger partial charge in [0.1, 0.15) is 6.10 Å². The van der Waals surface area contributed by atoms with E-state index in [4.69, 9.17) is 4.74 Å². The van der Waals surface area contributed by atoms with E-state index in [1.54, 1.807) is 6.08 Å². The molecule has 0 radical (unpaired) electrons. The highest BCUT2D eigenvalue weighted by Gasteiger charge is 2.24. The van der Waals surface area contributed by atoms with Crippen LogP contribution in [-0.4, -0.2) is 12.1 Å². The Balaban J connectivity index is 2.66. The van der Waals surface area contributed by atoms with Crippen LogP contribution < -0.4 is 0 Å². The monoisotopic (exact) mass is 244 g/mol. The smallest absolute Gasteiger partial charge is 0.312 e. The number of benzene rings is 1. The molecule has 1 atom stereocenters. The van der Waals surface area contributed by atoms with Crippen LogP contribution in [0.1, 0.15) is 26.3 Å². The van der Waals surface area contributed by atoms with Gasteiger partial charge in [0.05, 0.1) is 5.41 Å². The van der Waals surface area contributed by atoms with Crippen LogP contribution in [0.5, 0.6) is 0 Å². The van der Waals surface area contributed by atoms with Crippen LogP contribution in [0, 0.1) is 5.41 Å². The van der Waals surface area contributed by atoms with Crippen molar-refractivity contribution in [1.29, 1.82) is 0 Å². The van der Waals surface area contributed by atoms with Gasteiger partial charge in [-0.05, 0) is 38.5 Å². The van der Waals surface area contributed by atoms with Crippen LogP contribution in [0.4, 0.5) is 0 Å². The molecule has 0 aromatic heterocycles. The van der Waals surface area contributed by atoms with Crippen LogP contribution in [0.25, 0.3) is 6.08 Å². The lowest BCUT2D eigenvalue weighted by Gasteiger charge is -2.19. The van der Waals surface area contributed by atoms with E-state index in [0.717, 1.165) is 5.56 Å². The molecule has 1 unspecified atom stereocenters. The summed E-state index contributed by atoms with van der Waals surface area (Å²) in [5.41, 5.74) is 0.568. The van der Waals surface area contributed by atoms with Gasteiger partial charge >= 0.3 is 5.97 Å². The van der Waals surface area contributed by atoms with Crippen LogP contribution in [0.2, 0.25) is 0 Å². The first-order valence-corrected chi connectivity index (χ1v) is 6.00. The van der Waals surface area contributed by atoms with Crippen molar-refractivity contribution in [1.82, 2.24) is 0 Å². The highest BCUT2D eigenvalue weighted by Crippen LogP contribution is 2.17. The van der Waals surface area contributed by atoms with Gasteiger partial charge < -0.3 is 4.74 Å². The van der Waals surface area contributed by atoms with Crippen LogP contribution in [-0.2, 0) is 9.53 Å². The zero-order valence-corrected chi connectivity index (χ0v) is 11.2. The van der Waals surface area contributed by atoms with Gasteiger partial charge in [0.25, 0.3) is 0 Å². The van der Waals surface area contributed by atoms with E-state index in [0.29, 0.717) is 0 Å². The molecule has 1 rings (SSSR count). The largest absolute Gasteiger partial charge is 0.453 e. The quantitative estimate of drug-likeness (QED) is 0.594. The summed E-state index contributed by atoms with van der Waals surface area (Å²) < 4.78 is 5.34. The molecule has 0 N–H and O–H groups in total. The van der Waals surface area contributed by atoms with E-state index in [-0.39, 0.29) is 5.97 Å². The van der Waals surface area contributed by atoms with Crippen molar-refractivity contribution in [2.24, 2.45) is 5.41 Å². The third-order valence-electron chi connectivity index (χ3n) is 2.37. The number of hydrogen-bond acceptors (Lipinski definition) is 2. The molecule has 96 valence electrons. The molecule has 2 heteroatoms. The van der Waals surface area contributed by atoms with Crippen molar-refractivity contribution in [3.63, 3.8) is 0 Å². The Bertz CT molecular complexity index is 424. The van der Waals surface area contributed by atoms with Crippen LogP contribution in [0.3, 0.4) is 0 Å². The fourth-order valence-corrected chi connectivity index (χ4v) is 1.24. The highest BCUT2D eigenvalue weighted by molar-refractivity contribution is 5.76. The van der Waals surface area contributed by atoms with Gasteiger partial charge in [-0.15, -0.1) is 0 Å². The predicted octanol–water partition coefficient (Wildman–Crippen LogP) is 3.84. The second-order valence-electron chi connectivity index (χ2n) is 5.13. The SMILES string of the molecule is C=CC(/C=C\c1ccccc1)OC(=O)C(C)(C)C. The molecule has 0 aliphatic rings. The van der Waals surface area contributed by atoms with Crippen LogP contribution in [0.15, 0.2) is 49.1 Å². The fraction of sp³-hybridized carbons (Fsp3) is 0.312. The summed E-state index contributed by atoms with van der Waals surface area (Å²) in [5.74, 6) is -0.231. The molecule has 0 aliphatic carbocycles. The Labute approximate surface area is 109 Å². The molecule has 1 aromatic carbocycles. The summed E-state index contributed by atoms with van der Waals surface area (Å²) in [5, 5.41) is 0. The maximum absolute atomic E-state index is 11.7. The third kappa shape index (κ3) is 4.58. The average molecular weight is 244 g/mol. The average Bonchev–Trinajstić information content (AvgIpc) is 2.34. The summed E-state index contributed by atoms with van der Waals surface area (Å²) in [6.45, 7) is 9.17. The molecular formula is C16H20O2. The first kappa shape index (κ1) is 14.2. The fourth-order valence-electron chi connectivity index (χ4n) is 1.24. The summed E-state index contributed by atoms with van der Waals surface area (Å²) in [4.78, 5) is 11.7. The van der Waals surface area contributed by atoms with Crippen molar-refractivity contribution in [2.45, 2.75) is 26.9 Å². The first-order chi connectivity index (χ1) is 8.43. The summed E-state index contributed by atoms with van der Waals surface area (Å²) in [6, 6.07) is 9.86. The van der Waals surface area contributed by atoms with E-state index in [1.165, 1.54) is 0 Å². The Morgan fingerprint density at radius 3 is 2.39 bits per heavy atom. The number of ether oxygens (including phenoxy) is 1. The molecule has 0 saturated carbocycles. The molecule has 0 spiro atoms. The van der Waals surface area contributed by atoms with Gasteiger partial charge in [-0.25, -0.2) is 0 Å². The van der Waals surface area contributed by atoms with Crippen molar-refractivity contribution in [3.05, 3.63) is 54.6 Å². The predicted molar refractivity (Wildman–Crippen MR) is 75.0 cm³/mol. The van der Waals surface area contributed by atoms with Crippen molar-refractivity contribution in [2.75, 3.05) is 0 Å².